The van der Waals surface area contributed by atoms with Crippen molar-refractivity contribution in [3.63, 3.8) is 0 Å². The van der Waals surface area contributed by atoms with Crippen LogP contribution in [0.25, 0.3) is 11.0 Å². The van der Waals surface area contributed by atoms with Crippen molar-refractivity contribution < 1.29 is 9.47 Å². The highest BCUT2D eigenvalue weighted by Crippen LogP contribution is 2.29. The molecule has 0 bridgehead atoms. The molecule has 0 amide bonds. The molecule has 2 aromatic heterocycles. The molecule has 33 heavy (non-hydrogen) atoms. The number of hydrogen-bond donors (Lipinski definition) is 1. The predicted octanol–water partition coefficient (Wildman–Crippen LogP) is 3.14. The Kier molecular flexibility index (Phi) is 7.66. The monoisotopic (exact) mass is 470 g/mol. The summed E-state index contributed by atoms with van der Waals surface area (Å²) in [7, 11) is 1.73. The number of rotatable bonds is 6. The summed E-state index contributed by atoms with van der Waals surface area (Å²) in [5.41, 5.74) is 9.42. The van der Waals surface area contributed by atoms with Crippen LogP contribution in [0.4, 0.5) is 5.95 Å². The van der Waals surface area contributed by atoms with Gasteiger partial charge in [0, 0.05) is 44.9 Å². The SMILES string of the molecule is COC1C(C)=C(Cn2cc(C#CCCCN3CCOCC3)c3c(Cl)nc(N)nc32)N=CC1C. The Labute approximate surface area is 199 Å². The lowest BCUT2D eigenvalue weighted by Crippen LogP contribution is -2.36. The molecule has 2 aliphatic rings. The Hall–Kier alpha value is -2.44. The summed E-state index contributed by atoms with van der Waals surface area (Å²) in [4.78, 5) is 15.7. The highest BCUT2D eigenvalue weighted by atomic mass is 35.5. The van der Waals surface area contributed by atoms with Crippen LogP contribution >= 0.6 is 11.6 Å². The van der Waals surface area contributed by atoms with E-state index in [-0.39, 0.29) is 18.0 Å². The molecule has 2 aromatic rings. The number of morpholine rings is 1. The van der Waals surface area contributed by atoms with Crippen molar-refractivity contribution in [2.24, 2.45) is 10.9 Å². The van der Waals surface area contributed by atoms with Gasteiger partial charge in [0.25, 0.3) is 0 Å². The van der Waals surface area contributed by atoms with Crippen molar-refractivity contribution in [1.82, 2.24) is 19.4 Å². The molecule has 0 spiro atoms. The molecule has 2 unspecified atom stereocenters. The van der Waals surface area contributed by atoms with Gasteiger partial charge in [0.15, 0.2) is 0 Å². The van der Waals surface area contributed by atoms with Gasteiger partial charge in [0.05, 0.1) is 42.5 Å². The molecule has 0 radical (unpaired) electrons. The predicted molar refractivity (Wildman–Crippen MR) is 131 cm³/mol. The molecular weight excluding hydrogens is 440 g/mol. The first kappa shape index (κ1) is 23.7. The third-order valence-corrected chi connectivity index (χ3v) is 6.46. The Bertz CT molecular complexity index is 1120. The zero-order valence-corrected chi connectivity index (χ0v) is 20.2. The zero-order valence-electron chi connectivity index (χ0n) is 19.5. The van der Waals surface area contributed by atoms with Crippen molar-refractivity contribution in [2.75, 3.05) is 45.7 Å². The van der Waals surface area contributed by atoms with E-state index in [2.05, 4.69) is 45.5 Å². The van der Waals surface area contributed by atoms with Crippen LogP contribution in [0.15, 0.2) is 22.5 Å². The fourth-order valence-electron chi connectivity index (χ4n) is 4.41. The van der Waals surface area contributed by atoms with E-state index >= 15 is 0 Å². The van der Waals surface area contributed by atoms with Crippen LogP contribution in [0.2, 0.25) is 5.15 Å². The first-order valence-electron chi connectivity index (χ1n) is 11.4. The molecule has 8 nitrogen and oxygen atoms in total. The van der Waals surface area contributed by atoms with Crippen molar-refractivity contribution in [3.8, 4) is 11.8 Å². The summed E-state index contributed by atoms with van der Waals surface area (Å²) in [5.74, 6) is 6.94. The number of unbranched alkanes of at least 4 members (excludes halogenated alkanes) is 1. The number of nitrogens with zero attached hydrogens (tertiary/aromatic N) is 5. The van der Waals surface area contributed by atoms with E-state index in [0.717, 1.165) is 67.9 Å². The van der Waals surface area contributed by atoms with Crippen LogP contribution in [-0.2, 0) is 16.0 Å². The van der Waals surface area contributed by atoms with Gasteiger partial charge in [-0.15, -0.1) is 0 Å². The van der Waals surface area contributed by atoms with Crippen molar-refractivity contribution >= 4 is 34.8 Å². The maximum Gasteiger partial charge on any atom is 0.223 e. The second-order valence-corrected chi connectivity index (χ2v) is 8.88. The molecule has 0 aliphatic carbocycles. The van der Waals surface area contributed by atoms with E-state index in [1.54, 1.807) is 7.11 Å². The second kappa shape index (κ2) is 10.7. The van der Waals surface area contributed by atoms with E-state index in [9.17, 15) is 0 Å². The van der Waals surface area contributed by atoms with Crippen molar-refractivity contribution in [3.05, 3.63) is 28.2 Å². The number of ether oxygens (including phenoxy) is 2. The summed E-state index contributed by atoms with van der Waals surface area (Å²) in [6.45, 7) is 9.35. The Morgan fingerprint density at radius 3 is 2.85 bits per heavy atom. The topological polar surface area (TPSA) is 90.8 Å². The number of methoxy groups -OCH3 is 1. The molecule has 0 aromatic carbocycles. The molecule has 1 fully saturated rings. The van der Waals surface area contributed by atoms with Crippen LogP contribution in [0.1, 0.15) is 32.3 Å². The van der Waals surface area contributed by atoms with Crippen molar-refractivity contribution in [2.45, 2.75) is 39.3 Å². The minimum absolute atomic E-state index is 0.00772. The lowest BCUT2D eigenvalue weighted by Gasteiger charge is -2.26. The largest absolute Gasteiger partial charge is 0.379 e. The number of allylic oxidation sites excluding steroid dienone is 1. The summed E-state index contributed by atoms with van der Waals surface area (Å²) in [5, 5.41) is 1.04. The number of hydrogen-bond acceptors (Lipinski definition) is 7. The molecule has 176 valence electrons. The Balaban J connectivity index is 1.56. The highest BCUT2D eigenvalue weighted by Gasteiger charge is 2.24. The third kappa shape index (κ3) is 5.39. The maximum atomic E-state index is 6.47. The van der Waals surface area contributed by atoms with Gasteiger partial charge in [-0.25, -0.2) is 4.98 Å². The Morgan fingerprint density at radius 2 is 2.09 bits per heavy atom. The summed E-state index contributed by atoms with van der Waals surface area (Å²) >= 11 is 6.47. The van der Waals surface area contributed by atoms with E-state index in [1.165, 1.54) is 0 Å². The second-order valence-electron chi connectivity index (χ2n) is 8.52. The third-order valence-electron chi connectivity index (χ3n) is 6.19. The van der Waals surface area contributed by atoms with Crippen LogP contribution < -0.4 is 5.73 Å². The number of aromatic nitrogens is 3. The van der Waals surface area contributed by atoms with Gasteiger partial charge in [-0.3, -0.25) is 9.89 Å². The van der Waals surface area contributed by atoms with Gasteiger partial charge in [-0.2, -0.15) is 4.98 Å². The summed E-state index contributed by atoms with van der Waals surface area (Å²) in [6.07, 6.45) is 5.73. The molecular formula is C24H31ClN6O2. The molecule has 4 heterocycles. The lowest BCUT2D eigenvalue weighted by molar-refractivity contribution is 0.0376. The number of fused-ring (bicyclic) bond motifs is 1. The highest BCUT2D eigenvalue weighted by molar-refractivity contribution is 6.34. The first-order valence-corrected chi connectivity index (χ1v) is 11.7. The molecule has 0 saturated carbocycles. The normalized spacial score (nSPS) is 21.5. The average molecular weight is 471 g/mol. The Morgan fingerprint density at radius 1 is 1.30 bits per heavy atom. The smallest absolute Gasteiger partial charge is 0.223 e. The van der Waals surface area contributed by atoms with E-state index in [4.69, 9.17) is 26.8 Å². The van der Waals surface area contributed by atoms with Gasteiger partial charge in [0.1, 0.15) is 10.8 Å². The number of nitrogens with two attached hydrogens (primary N) is 1. The van der Waals surface area contributed by atoms with Gasteiger partial charge < -0.3 is 19.8 Å². The minimum Gasteiger partial charge on any atom is -0.379 e. The number of aliphatic imine (C=N–C) groups is 1. The fourth-order valence-corrected chi connectivity index (χ4v) is 4.69. The zero-order chi connectivity index (χ0) is 23.4. The minimum atomic E-state index is 0.00772. The average Bonchev–Trinajstić information content (AvgIpc) is 3.14. The van der Waals surface area contributed by atoms with Gasteiger partial charge >= 0.3 is 0 Å². The van der Waals surface area contributed by atoms with E-state index < -0.39 is 0 Å². The van der Waals surface area contributed by atoms with E-state index in [0.29, 0.717) is 17.3 Å². The molecule has 1 saturated heterocycles. The maximum absolute atomic E-state index is 6.47. The molecule has 9 heteroatoms. The van der Waals surface area contributed by atoms with E-state index in [1.807, 2.05) is 17.0 Å². The number of halogens is 1. The van der Waals surface area contributed by atoms with Gasteiger partial charge in [-0.05, 0) is 25.5 Å². The van der Waals surface area contributed by atoms with Crippen LogP contribution in [0.5, 0.6) is 0 Å². The molecule has 2 atom stereocenters. The summed E-state index contributed by atoms with van der Waals surface area (Å²) in [6, 6.07) is 0. The van der Waals surface area contributed by atoms with Crippen molar-refractivity contribution in [1.29, 1.82) is 0 Å². The van der Waals surface area contributed by atoms with Crippen LogP contribution in [0.3, 0.4) is 0 Å². The lowest BCUT2D eigenvalue weighted by atomic mass is 9.95. The molecule has 2 N–H and O–H groups in total. The van der Waals surface area contributed by atoms with Crippen LogP contribution in [-0.4, -0.2) is 71.7 Å². The fraction of sp³-hybridized carbons (Fsp3) is 0.542. The summed E-state index contributed by atoms with van der Waals surface area (Å²) < 4.78 is 13.1. The first-order chi connectivity index (χ1) is 16.0. The number of nitrogen functional groups attached to an aromatic ring is 1. The van der Waals surface area contributed by atoms with Crippen LogP contribution in [0, 0.1) is 17.8 Å². The molecule has 2 aliphatic heterocycles. The standard InChI is InChI=1S/C24H31ClN6O2/c1-16-13-27-19(17(2)21(16)32-3)15-31-14-18(20-22(25)28-24(26)29-23(20)31)7-5-4-6-8-30-9-11-33-12-10-30/h13-14,16,21H,4,6,8-12,15H2,1-3H3,(H2,26,28,29). The number of anilines is 1. The van der Waals surface area contributed by atoms with Gasteiger partial charge in [-0.1, -0.05) is 30.4 Å². The molecule has 4 rings (SSSR count). The quantitative estimate of drug-likeness (QED) is 0.396. The van der Waals surface area contributed by atoms with Gasteiger partial charge in [0.2, 0.25) is 5.95 Å².